The van der Waals surface area contributed by atoms with Crippen molar-refractivity contribution >= 4 is 35.1 Å². The summed E-state index contributed by atoms with van der Waals surface area (Å²) in [5.74, 6) is -2.53. The van der Waals surface area contributed by atoms with Crippen molar-refractivity contribution in [3.63, 3.8) is 0 Å². The third-order valence-electron chi connectivity index (χ3n) is 4.34. The highest BCUT2D eigenvalue weighted by atomic mass is 35.5. The number of rotatable bonds is 8. The summed E-state index contributed by atoms with van der Waals surface area (Å²) in [5.41, 5.74) is 3.21. The van der Waals surface area contributed by atoms with Gasteiger partial charge in [-0.25, -0.2) is 4.79 Å². The van der Waals surface area contributed by atoms with Crippen LogP contribution in [0.25, 0.3) is 6.08 Å². The third kappa shape index (κ3) is 5.62. The second-order valence-corrected chi connectivity index (χ2v) is 6.89. The maximum atomic E-state index is 11.9. The first-order valence-electron chi connectivity index (χ1n) is 8.84. The molecule has 0 fully saturated rings. The number of hydrogen-bond acceptors (Lipinski definition) is 6. The first-order valence-corrected chi connectivity index (χ1v) is 9.22. The van der Waals surface area contributed by atoms with E-state index < -0.39 is 24.3 Å². The van der Waals surface area contributed by atoms with Gasteiger partial charge in [0, 0.05) is 28.1 Å². The molecule has 0 saturated carbocycles. The Morgan fingerprint density at radius 1 is 1.38 bits per heavy atom. The minimum Gasteiger partial charge on any atom is -0.454 e. The van der Waals surface area contributed by atoms with Crippen molar-refractivity contribution in [3.8, 4) is 6.07 Å². The number of ether oxygens (including phenoxy) is 1. The molecule has 0 aliphatic rings. The number of Topliss-reactive ketones (excluding diaryl/α,β-unsaturated/α-hetero) is 1. The predicted molar refractivity (Wildman–Crippen MR) is 110 cm³/mol. The zero-order valence-corrected chi connectivity index (χ0v) is 17.2. The van der Waals surface area contributed by atoms with Gasteiger partial charge >= 0.3 is 5.97 Å². The minimum absolute atomic E-state index is 0.0822. The van der Waals surface area contributed by atoms with Gasteiger partial charge in [0.25, 0.3) is 0 Å². The fourth-order valence-electron chi connectivity index (χ4n) is 2.73. The minimum atomic E-state index is -1.20. The van der Waals surface area contributed by atoms with Crippen LogP contribution in [0.2, 0.25) is 5.02 Å². The molecule has 0 aliphatic heterocycles. The van der Waals surface area contributed by atoms with E-state index in [2.05, 4.69) is 5.10 Å². The van der Waals surface area contributed by atoms with Gasteiger partial charge in [-0.2, -0.15) is 10.4 Å². The van der Waals surface area contributed by atoms with Gasteiger partial charge in [-0.05, 0) is 38.5 Å². The standard InChI is InChI=1S/C21H21ClN4O3/c1-13(24)18(10-23)20(27)12-29-21(28)9-8-17-14(2)25-26(15(17)3)11-16-6-4-5-7-19(16)22/h4-9,18,24H,11-12H2,1-3H3/b9-8+,24-13?/t18-/m1/s1. The lowest BCUT2D eigenvalue weighted by atomic mass is 10.0. The molecular weight excluding hydrogens is 392 g/mol. The van der Waals surface area contributed by atoms with Crippen LogP contribution in [0.5, 0.6) is 0 Å². The number of ketones is 1. The first-order chi connectivity index (χ1) is 13.7. The highest BCUT2D eigenvalue weighted by Crippen LogP contribution is 2.20. The van der Waals surface area contributed by atoms with Gasteiger partial charge in [0.05, 0.1) is 18.3 Å². The third-order valence-corrected chi connectivity index (χ3v) is 4.71. The second-order valence-electron chi connectivity index (χ2n) is 6.49. The van der Waals surface area contributed by atoms with Crippen LogP contribution < -0.4 is 0 Å². The molecule has 7 nitrogen and oxygen atoms in total. The monoisotopic (exact) mass is 412 g/mol. The summed E-state index contributed by atoms with van der Waals surface area (Å²) in [7, 11) is 0. The molecule has 0 spiro atoms. The first kappa shape index (κ1) is 22.1. The lowest BCUT2D eigenvalue weighted by molar-refractivity contribution is -0.143. The summed E-state index contributed by atoms with van der Waals surface area (Å²) in [5, 5.41) is 21.4. The van der Waals surface area contributed by atoms with Crippen molar-refractivity contribution in [3.05, 3.63) is 57.9 Å². The van der Waals surface area contributed by atoms with E-state index in [0.29, 0.717) is 11.6 Å². The molecule has 1 aromatic heterocycles. The quantitative estimate of drug-likeness (QED) is 0.405. The molecule has 0 unspecified atom stereocenters. The van der Waals surface area contributed by atoms with Gasteiger partial charge < -0.3 is 10.1 Å². The zero-order valence-electron chi connectivity index (χ0n) is 16.4. The summed E-state index contributed by atoms with van der Waals surface area (Å²) < 4.78 is 6.69. The van der Waals surface area contributed by atoms with Crippen LogP contribution in [-0.2, 0) is 20.9 Å². The van der Waals surface area contributed by atoms with E-state index in [1.54, 1.807) is 16.8 Å². The highest BCUT2D eigenvalue weighted by Gasteiger charge is 2.21. The van der Waals surface area contributed by atoms with Crippen LogP contribution in [0.15, 0.2) is 30.3 Å². The number of benzene rings is 1. The van der Waals surface area contributed by atoms with Crippen LogP contribution >= 0.6 is 11.6 Å². The number of esters is 1. The summed E-state index contributed by atoms with van der Waals surface area (Å²) in [6.45, 7) is 5.02. The molecule has 0 radical (unpaired) electrons. The van der Waals surface area contributed by atoms with Crippen LogP contribution in [0, 0.1) is 36.5 Å². The van der Waals surface area contributed by atoms with Crippen LogP contribution in [-0.4, -0.2) is 33.9 Å². The van der Waals surface area contributed by atoms with Crippen molar-refractivity contribution in [1.29, 1.82) is 10.7 Å². The summed E-state index contributed by atoms with van der Waals surface area (Å²) in [6.07, 6.45) is 2.79. The molecule has 0 amide bonds. The number of halogens is 1. The molecule has 2 rings (SSSR count). The van der Waals surface area contributed by atoms with E-state index in [9.17, 15) is 9.59 Å². The maximum absolute atomic E-state index is 11.9. The van der Waals surface area contributed by atoms with E-state index in [4.69, 9.17) is 27.0 Å². The molecule has 1 N–H and O–H groups in total. The molecule has 0 bridgehead atoms. The number of nitrogens with one attached hydrogen (secondary N) is 1. The molecule has 150 valence electrons. The van der Waals surface area contributed by atoms with Crippen molar-refractivity contribution in [2.24, 2.45) is 5.92 Å². The van der Waals surface area contributed by atoms with Crippen LogP contribution in [0.4, 0.5) is 0 Å². The fraction of sp³-hybridized carbons (Fsp3) is 0.286. The Balaban J connectivity index is 2.05. The largest absolute Gasteiger partial charge is 0.454 e. The number of nitrogens with zero attached hydrogens (tertiary/aromatic N) is 3. The predicted octanol–water partition coefficient (Wildman–Crippen LogP) is 3.51. The molecular formula is C21H21ClN4O3. The smallest absolute Gasteiger partial charge is 0.331 e. The molecule has 1 aromatic carbocycles. The normalized spacial score (nSPS) is 11.8. The Morgan fingerprint density at radius 3 is 2.69 bits per heavy atom. The number of carbonyl (C=O) groups is 2. The molecule has 0 saturated heterocycles. The van der Waals surface area contributed by atoms with Crippen LogP contribution in [0.3, 0.4) is 0 Å². The summed E-state index contributed by atoms with van der Waals surface area (Å²) >= 11 is 6.21. The average Bonchev–Trinajstić information content (AvgIpc) is 2.93. The SMILES string of the molecule is CC(=N)[C@@H](C#N)C(=O)COC(=O)/C=C/c1c(C)nn(Cc2ccccc2Cl)c1C. The number of nitriles is 1. The topological polar surface area (TPSA) is 109 Å². The van der Waals surface area contributed by atoms with Crippen molar-refractivity contribution in [2.45, 2.75) is 27.3 Å². The second kappa shape index (κ2) is 9.80. The van der Waals surface area contributed by atoms with Crippen molar-refractivity contribution < 1.29 is 14.3 Å². The molecule has 1 atom stereocenters. The number of carbonyl (C=O) groups excluding carboxylic acids is 2. The van der Waals surface area contributed by atoms with E-state index in [0.717, 1.165) is 22.5 Å². The Hall–Kier alpha value is -3.24. The molecule has 8 heteroatoms. The van der Waals surface area contributed by atoms with E-state index in [1.165, 1.54) is 13.0 Å². The Bertz CT molecular complexity index is 1020. The van der Waals surface area contributed by atoms with E-state index >= 15 is 0 Å². The Kier molecular flexibility index (Phi) is 7.46. The van der Waals surface area contributed by atoms with Crippen LogP contribution in [0.1, 0.15) is 29.4 Å². The summed E-state index contributed by atoms with van der Waals surface area (Å²) in [6, 6.07) is 9.23. The Labute approximate surface area is 174 Å². The van der Waals surface area contributed by atoms with Gasteiger partial charge in [0.1, 0.15) is 5.92 Å². The maximum Gasteiger partial charge on any atom is 0.331 e. The van der Waals surface area contributed by atoms with E-state index in [1.807, 2.05) is 38.1 Å². The van der Waals surface area contributed by atoms with Gasteiger partial charge in [-0.3, -0.25) is 9.48 Å². The molecule has 0 aliphatic carbocycles. The van der Waals surface area contributed by atoms with E-state index in [-0.39, 0.29) is 5.71 Å². The number of aryl methyl sites for hydroxylation is 1. The van der Waals surface area contributed by atoms with Gasteiger partial charge in [-0.1, -0.05) is 29.8 Å². The molecule has 29 heavy (non-hydrogen) atoms. The molecule has 2 aromatic rings. The summed E-state index contributed by atoms with van der Waals surface area (Å²) in [4.78, 5) is 23.7. The fourth-order valence-corrected chi connectivity index (χ4v) is 2.92. The van der Waals surface area contributed by atoms with Gasteiger partial charge in [-0.15, -0.1) is 0 Å². The number of hydrogen-bond donors (Lipinski definition) is 1. The van der Waals surface area contributed by atoms with Gasteiger partial charge in [0.15, 0.2) is 12.4 Å². The van der Waals surface area contributed by atoms with Crippen molar-refractivity contribution in [1.82, 2.24) is 9.78 Å². The lowest BCUT2D eigenvalue weighted by Crippen LogP contribution is -2.25. The lowest BCUT2D eigenvalue weighted by Gasteiger charge is -2.07. The average molecular weight is 413 g/mol. The van der Waals surface area contributed by atoms with Gasteiger partial charge in [0.2, 0.25) is 0 Å². The number of aromatic nitrogens is 2. The molecule has 1 heterocycles. The Morgan fingerprint density at radius 2 is 2.07 bits per heavy atom. The highest BCUT2D eigenvalue weighted by molar-refractivity contribution is 6.31. The zero-order chi connectivity index (χ0) is 21.6. The van der Waals surface area contributed by atoms with Crippen molar-refractivity contribution in [2.75, 3.05) is 6.61 Å².